The average molecular weight is 255 g/mol. The molecule has 18 heavy (non-hydrogen) atoms. The Balaban J connectivity index is 2.58. The number of hydrogen-bond donors (Lipinski definition) is 1. The van der Waals surface area contributed by atoms with Gasteiger partial charge in [0.25, 0.3) is 0 Å². The lowest BCUT2D eigenvalue weighted by atomic mass is 10.1. The van der Waals surface area contributed by atoms with Gasteiger partial charge in [-0.3, -0.25) is 0 Å². The smallest absolute Gasteiger partial charge is 0.330 e. The number of fused-ring (bicyclic) bond motifs is 1. The quantitative estimate of drug-likeness (QED) is 0.916. The lowest BCUT2D eigenvalue weighted by Crippen LogP contribution is -2.08. The summed E-state index contributed by atoms with van der Waals surface area (Å²) in [6.45, 7) is 0.477. The Morgan fingerprint density at radius 1 is 1.17 bits per heavy atom. The van der Waals surface area contributed by atoms with Gasteiger partial charge in [0.15, 0.2) is 0 Å². The molecular formula is C12H12F3N3. The summed E-state index contributed by atoms with van der Waals surface area (Å²) in [6.07, 6.45) is -2.00. The Morgan fingerprint density at radius 2 is 1.94 bits per heavy atom. The van der Waals surface area contributed by atoms with Crippen LogP contribution in [0.15, 0.2) is 24.5 Å². The molecule has 0 bridgehead atoms. The molecule has 0 atom stereocenters. The van der Waals surface area contributed by atoms with Gasteiger partial charge in [-0.15, -0.1) is 0 Å². The van der Waals surface area contributed by atoms with Crippen LogP contribution < -0.4 is 5.73 Å². The van der Waals surface area contributed by atoms with Crippen LogP contribution in [0.2, 0.25) is 0 Å². The number of aryl methyl sites for hydroxylation is 1. The number of benzene rings is 1. The highest BCUT2D eigenvalue weighted by Crippen LogP contribution is 2.34. The van der Waals surface area contributed by atoms with Crippen molar-refractivity contribution < 1.29 is 13.2 Å². The lowest BCUT2D eigenvalue weighted by Gasteiger charge is -2.11. The summed E-state index contributed by atoms with van der Waals surface area (Å²) < 4.78 is 38.5. The third-order valence-electron chi connectivity index (χ3n) is 2.67. The molecule has 0 unspecified atom stereocenters. The summed E-state index contributed by atoms with van der Waals surface area (Å²) in [6, 6.07) is 4.01. The van der Waals surface area contributed by atoms with E-state index in [0.29, 0.717) is 30.5 Å². The molecule has 2 rings (SSSR count). The zero-order chi connectivity index (χ0) is 13.2. The number of aromatic nitrogens is 2. The zero-order valence-electron chi connectivity index (χ0n) is 9.54. The Hall–Kier alpha value is -1.69. The van der Waals surface area contributed by atoms with Crippen molar-refractivity contribution in [3.8, 4) is 0 Å². The first-order valence-corrected chi connectivity index (χ1v) is 5.54. The summed E-state index contributed by atoms with van der Waals surface area (Å²) in [5.41, 5.74) is 5.23. The van der Waals surface area contributed by atoms with Gasteiger partial charge in [-0.1, -0.05) is 12.1 Å². The van der Waals surface area contributed by atoms with Crippen molar-refractivity contribution in [1.29, 1.82) is 0 Å². The second kappa shape index (κ2) is 4.89. The van der Waals surface area contributed by atoms with Crippen molar-refractivity contribution in [2.24, 2.45) is 5.73 Å². The molecule has 96 valence electrons. The highest BCUT2D eigenvalue weighted by Gasteiger charge is 2.33. The minimum Gasteiger partial charge on any atom is -0.330 e. The third-order valence-corrected chi connectivity index (χ3v) is 2.67. The monoisotopic (exact) mass is 255 g/mol. The molecule has 1 heterocycles. The molecule has 0 amide bonds. The van der Waals surface area contributed by atoms with E-state index < -0.39 is 11.7 Å². The molecule has 0 saturated heterocycles. The summed E-state index contributed by atoms with van der Waals surface area (Å²) >= 11 is 0. The summed E-state index contributed by atoms with van der Waals surface area (Å²) in [4.78, 5) is 7.79. The minimum atomic E-state index is -4.40. The van der Waals surface area contributed by atoms with E-state index in [1.165, 1.54) is 12.4 Å². The van der Waals surface area contributed by atoms with E-state index in [2.05, 4.69) is 9.97 Å². The SMILES string of the molecule is NCCCc1ncnc2c(C(F)(F)F)cccc12. The van der Waals surface area contributed by atoms with Crippen molar-refractivity contribution in [2.45, 2.75) is 19.0 Å². The number of nitrogens with zero attached hydrogens (tertiary/aromatic N) is 2. The van der Waals surface area contributed by atoms with Crippen molar-refractivity contribution in [2.75, 3.05) is 6.54 Å². The molecule has 0 aliphatic heterocycles. The number of rotatable bonds is 3. The fourth-order valence-electron chi connectivity index (χ4n) is 1.84. The highest BCUT2D eigenvalue weighted by atomic mass is 19.4. The van der Waals surface area contributed by atoms with Gasteiger partial charge in [0, 0.05) is 5.39 Å². The standard InChI is InChI=1S/C12H12F3N3/c13-12(14,15)9-4-1-3-8-10(5-2-6-16)17-7-18-11(8)9/h1,3-4,7H,2,5-6,16H2. The van der Waals surface area contributed by atoms with Crippen LogP contribution in [0.3, 0.4) is 0 Å². The predicted octanol–water partition coefficient (Wildman–Crippen LogP) is 2.54. The van der Waals surface area contributed by atoms with Gasteiger partial charge in [0.2, 0.25) is 0 Å². The van der Waals surface area contributed by atoms with E-state index in [1.54, 1.807) is 6.07 Å². The van der Waals surface area contributed by atoms with E-state index in [4.69, 9.17) is 5.73 Å². The molecule has 1 aromatic carbocycles. The number of para-hydroxylation sites is 1. The summed E-state index contributed by atoms with van der Waals surface area (Å²) in [5.74, 6) is 0. The molecule has 0 aliphatic carbocycles. The van der Waals surface area contributed by atoms with Crippen molar-refractivity contribution in [3.63, 3.8) is 0 Å². The average Bonchev–Trinajstić information content (AvgIpc) is 2.34. The van der Waals surface area contributed by atoms with Gasteiger partial charge in [-0.25, -0.2) is 9.97 Å². The van der Waals surface area contributed by atoms with E-state index in [1.807, 2.05) is 0 Å². The summed E-state index contributed by atoms with van der Waals surface area (Å²) in [5, 5.41) is 0.445. The molecule has 1 aromatic heterocycles. The van der Waals surface area contributed by atoms with Crippen molar-refractivity contribution in [1.82, 2.24) is 9.97 Å². The van der Waals surface area contributed by atoms with Crippen LogP contribution in [-0.2, 0) is 12.6 Å². The normalized spacial score (nSPS) is 12.0. The molecule has 6 heteroatoms. The molecular weight excluding hydrogens is 243 g/mol. The van der Waals surface area contributed by atoms with Gasteiger partial charge in [0.05, 0.1) is 16.8 Å². The topological polar surface area (TPSA) is 51.8 Å². The van der Waals surface area contributed by atoms with Gasteiger partial charge in [-0.2, -0.15) is 13.2 Å². The zero-order valence-corrected chi connectivity index (χ0v) is 9.54. The maximum absolute atomic E-state index is 12.8. The van der Waals surface area contributed by atoms with Crippen LogP contribution in [0.5, 0.6) is 0 Å². The van der Waals surface area contributed by atoms with E-state index in [0.717, 1.165) is 6.07 Å². The minimum absolute atomic E-state index is 0.0491. The van der Waals surface area contributed by atoms with E-state index >= 15 is 0 Å². The first kappa shape index (κ1) is 12.8. The van der Waals surface area contributed by atoms with Crippen molar-refractivity contribution in [3.05, 3.63) is 35.8 Å². The van der Waals surface area contributed by atoms with Gasteiger partial charge in [-0.05, 0) is 25.5 Å². The number of hydrogen-bond acceptors (Lipinski definition) is 3. The first-order chi connectivity index (χ1) is 8.54. The maximum atomic E-state index is 12.8. The van der Waals surface area contributed by atoms with E-state index in [-0.39, 0.29) is 5.52 Å². The molecule has 0 radical (unpaired) electrons. The van der Waals surface area contributed by atoms with Crippen molar-refractivity contribution >= 4 is 10.9 Å². The van der Waals surface area contributed by atoms with Crippen LogP contribution >= 0.6 is 0 Å². The number of alkyl halides is 3. The molecule has 0 fully saturated rings. The maximum Gasteiger partial charge on any atom is 0.418 e. The van der Waals surface area contributed by atoms with Crippen LogP contribution in [0.4, 0.5) is 13.2 Å². The number of halogens is 3. The Kier molecular flexibility index (Phi) is 3.47. The predicted molar refractivity (Wildman–Crippen MR) is 61.9 cm³/mol. The molecule has 3 nitrogen and oxygen atoms in total. The Morgan fingerprint density at radius 3 is 2.61 bits per heavy atom. The van der Waals surface area contributed by atoms with E-state index in [9.17, 15) is 13.2 Å². The van der Waals surface area contributed by atoms with Gasteiger partial charge >= 0.3 is 6.18 Å². The largest absolute Gasteiger partial charge is 0.418 e. The third kappa shape index (κ3) is 2.43. The second-order valence-corrected chi connectivity index (χ2v) is 3.91. The molecule has 0 aliphatic rings. The van der Waals surface area contributed by atoms with Crippen LogP contribution in [0.1, 0.15) is 17.7 Å². The first-order valence-electron chi connectivity index (χ1n) is 5.54. The Bertz CT molecular complexity index is 552. The molecule has 2 N–H and O–H groups in total. The molecule has 0 saturated carbocycles. The second-order valence-electron chi connectivity index (χ2n) is 3.91. The fourth-order valence-corrected chi connectivity index (χ4v) is 1.84. The molecule has 2 aromatic rings. The number of nitrogens with two attached hydrogens (primary N) is 1. The van der Waals surface area contributed by atoms with Crippen LogP contribution in [0.25, 0.3) is 10.9 Å². The van der Waals surface area contributed by atoms with Gasteiger partial charge in [0.1, 0.15) is 6.33 Å². The Labute approximate surface area is 102 Å². The van der Waals surface area contributed by atoms with Crippen LogP contribution in [-0.4, -0.2) is 16.5 Å². The highest BCUT2D eigenvalue weighted by molar-refractivity contribution is 5.84. The fraction of sp³-hybridized carbons (Fsp3) is 0.333. The van der Waals surface area contributed by atoms with Gasteiger partial charge < -0.3 is 5.73 Å². The molecule has 0 spiro atoms. The van der Waals surface area contributed by atoms with Crippen LogP contribution in [0, 0.1) is 0 Å². The lowest BCUT2D eigenvalue weighted by molar-refractivity contribution is -0.136. The summed E-state index contributed by atoms with van der Waals surface area (Å²) in [7, 11) is 0.